The van der Waals surface area contributed by atoms with Crippen molar-refractivity contribution < 1.29 is 161 Å². The van der Waals surface area contributed by atoms with E-state index in [1.807, 2.05) is 5.32 Å². The van der Waals surface area contributed by atoms with Crippen LogP contribution in [0.4, 0.5) is 0 Å². The molecule has 842 valence electrons. The number of carboxylic acid groups (broad SMARTS) is 3. The number of aliphatic hydroxyl groups excluding tert-OH is 6. The summed E-state index contributed by atoms with van der Waals surface area (Å²) in [6.45, 7) is 13.5. The first kappa shape index (κ1) is 132. The van der Waals surface area contributed by atoms with E-state index >= 15 is 0 Å². The van der Waals surface area contributed by atoms with Crippen LogP contribution in [-0.4, -0.2) is 371 Å². The van der Waals surface area contributed by atoms with Gasteiger partial charge >= 0.3 is 17.9 Å². The number of fused-ring (bicyclic) bond motifs is 1. The summed E-state index contributed by atoms with van der Waals surface area (Å²) in [6.07, 6.45) is -5.54. The van der Waals surface area contributed by atoms with Gasteiger partial charge < -0.3 is 175 Å². The summed E-state index contributed by atoms with van der Waals surface area (Å²) in [7, 11) is 0. The number of nitrogens with two attached hydrogens (primary N) is 4. The molecule has 1 aromatic carbocycles. The molecule has 0 aliphatic carbocycles. The Balaban J connectivity index is 2.49. The molecule has 0 radical (unpaired) electrons. The Morgan fingerprint density at radius 2 is 0.647 bits per heavy atom. The van der Waals surface area contributed by atoms with Crippen molar-refractivity contribution in [1.82, 2.24) is 106 Å². The molecule has 57 nitrogen and oxygen atoms in total. The monoisotopic (exact) mass is 2150 g/mol. The number of para-hydroxylation sites is 1. The molecule has 150 heavy (non-hydrogen) atoms. The predicted molar refractivity (Wildman–Crippen MR) is 533 cm³/mol. The van der Waals surface area contributed by atoms with Crippen molar-refractivity contribution in [3.63, 3.8) is 0 Å². The lowest BCUT2D eigenvalue weighted by Gasteiger charge is -2.30. The molecular formula is C92H150N24O33S. The van der Waals surface area contributed by atoms with E-state index in [2.05, 4.69) is 101 Å². The van der Waals surface area contributed by atoms with Crippen molar-refractivity contribution in [2.75, 3.05) is 45.0 Å². The third-order valence-corrected chi connectivity index (χ3v) is 23.6. The molecule has 0 aliphatic heterocycles. The number of aromatic nitrogens is 1. The first-order chi connectivity index (χ1) is 70.2. The molecular weight excluding hydrogens is 2000 g/mol. The summed E-state index contributed by atoms with van der Waals surface area (Å²) >= 11 is 1.19. The highest BCUT2D eigenvalue weighted by Gasteiger charge is 2.43. The maximum atomic E-state index is 15.0. The molecule has 37 N–H and O–H groups in total. The highest BCUT2D eigenvalue weighted by molar-refractivity contribution is 7.98. The van der Waals surface area contributed by atoms with Gasteiger partial charge in [0.25, 0.3) is 0 Å². The molecule has 22 atom stereocenters. The number of aromatic amines is 1. The molecule has 0 aliphatic rings. The molecule has 2 rings (SSSR count). The van der Waals surface area contributed by atoms with Gasteiger partial charge in [-0.3, -0.25) is 115 Å². The molecule has 1 heterocycles. The van der Waals surface area contributed by atoms with Crippen LogP contribution in [0.1, 0.15) is 179 Å². The zero-order valence-corrected chi connectivity index (χ0v) is 86.9. The number of H-pyrrole nitrogens is 1. The minimum Gasteiger partial charge on any atom is -0.481 e. The van der Waals surface area contributed by atoms with Gasteiger partial charge in [0.2, 0.25) is 124 Å². The number of thioether (sulfide) groups is 1. The van der Waals surface area contributed by atoms with Crippen LogP contribution in [0.15, 0.2) is 30.5 Å². The topological polar surface area (TPSA) is 940 Å². The summed E-state index contributed by atoms with van der Waals surface area (Å²) in [5, 5.41) is 136. The number of carbonyl (C=O) groups is 24. The number of carboxylic acids is 3. The molecule has 0 saturated carbocycles. The quantitative estimate of drug-likeness (QED) is 0.0274. The number of amides is 21. The van der Waals surface area contributed by atoms with E-state index in [9.17, 15) is 156 Å². The van der Waals surface area contributed by atoms with E-state index in [1.165, 1.54) is 52.6 Å². The number of nitrogens with one attached hydrogen (secondary N) is 20. The minimum atomic E-state index is -2.06. The van der Waals surface area contributed by atoms with Crippen LogP contribution in [0.2, 0.25) is 0 Å². The van der Waals surface area contributed by atoms with Crippen LogP contribution in [0, 0.1) is 23.7 Å². The number of unbranched alkanes of at least 4 members (excludes halogenated alkanes) is 1. The maximum Gasteiger partial charge on any atom is 0.325 e. The molecule has 58 heteroatoms. The zero-order valence-electron chi connectivity index (χ0n) is 86.1. The van der Waals surface area contributed by atoms with Gasteiger partial charge in [-0.05, 0) is 146 Å². The lowest BCUT2D eigenvalue weighted by Crippen LogP contribution is -2.63. The highest BCUT2D eigenvalue weighted by Crippen LogP contribution is 2.22. The van der Waals surface area contributed by atoms with Crippen LogP contribution in [0.25, 0.3) is 10.9 Å². The molecule has 2 aromatic rings. The summed E-state index contributed by atoms with van der Waals surface area (Å²) in [6, 6.07) is -27.5. The Morgan fingerprint density at radius 1 is 0.333 bits per heavy atom. The fourth-order valence-corrected chi connectivity index (χ4v) is 14.9. The fourth-order valence-electron chi connectivity index (χ4n) is 14.4. The van der Waals surface area contributed by atoms with Crippen LogP contribution >= 0.6 is 11.8 Å². The lowest BCUT2D eigenvalue weighted by molar-refractivity contribution is -0.142. The van der Waals surface area contributed by atoms with Crippen molar-refractivity contribution in [2.24, 2.45) is 46.6 Å². The second-order valence-electron chi connectivity index (χ2n) is 37.4. The Hall–Kier alpha value is -13.9. The molecule has 1 aromatic heterocycles. The third-order valence-electron chi connectivity index (χ3n) is 23.0. The van der Waals surface area contributed by atoms with E-state index in [1.54, 1.807) is 58.2 Å². The van der Waals surface area contributed by atoms with E-state index in [4.69, 9.17) is 28.0 Å². The third kappa shape index (κ3) is 46.5. The maximum absolute atomic E-state index is 15.0. The molecule has 21 amide bonds. The number of aliphatic carboxylic acids is 3. The highest BCUT2D eigenvalue weighted by atomic mass is 32.2. The summed E-state index contributed by atoms with van der Waals surface area (Å²) < 4.78 is 0. The minimum absolute atomic E-state index is 0.103. The predicted octanol–water partition coefficient (Wildman–Crippen LogP) is -11.7. The Bertz CT molecular complexity index is 4970. The first-order valence-corrected chi connectivity index (χ1v) is 49.9. The normalized spacial score (nSPS) is 15.7. The Kier molecular flexibility index (Phi) is 58.6. The van der Waals surface area contributed by atoms with Crippen LogP contribution in [0.3, 0.4) is 0 Å². The van der Waals surface area contributed by atoms with Crippen molar-refractivity contribution in [1.29, 1.82) is 0 Å². The second-order valence-corrected chi connectivity index (χ2v) is 38.4. The Morgan fingerprint density at radius 3 is 1.06 bits per heavy atom. The largest absolute Gasteiger partial charge is 0.481 e. The van der Waals surface area contributed by atoms with Crippen LogP contribution < -0.4 is 124 Å². The average molecular weight is 2150 g/mol. The second kappa shape index (κ2) is 66.5. The van der Waals surface area contributed by atoms with E-state index in [0.717, 1.165) is 27.7 Å². The number of rotatable bonds is 71. The average Bonchev–Trinajstić information content (AvgIpc) is 1.67. The van der Waals surface area contributed by atoms with Gasteiger partial charge in [-0.2, -0.15) is 11.8 Å². The van der Waals surface area contributed by atoms with Gasteiger partial charge in [0.05, 0.1) is 51.1 Å². The van der Waals surface area contributed by atoms with Crippen molar-refractivity contribution in [3.8, 4) is 0 Å². The lowest BCUT2D eigenvalue weighted by atomic mass is 9.98. The van der Waals surface area contributed by atoms with Crippen molar-refractivity contribution in [3.05, 3.63) is 36.0 Å². The SMILES string of the molecule is CSCC[C@H](NC(=O)[C@H](Cc1c[nH]c2ccccc12)NC(=O)[C@H](C)NC(=O)[C@H](CCCCN)NC(=O)[C@@H](NC(=O)[C@H](CO)NC(=O)[C@H](CO)NC(=O)[C@H](CO)NC(=O)[C@H](C)NC(=O)[C@H](CO)NC(=O)[C@@H](N)CCC(=O)O)C(C)C)C(=O)N[C@H](C(=O)N[C@@H](CCC(=O)O)C(=O)N[C@H](C(=O)N[C@@H](CC(C)C)C(=O)N[C@@H](CC(C)C)C(=O)N[C@H](C(=O)N[C@@H](CCC(N)=O)C(=O)N[C@@H](CC(N)=O)C(=O)N[C@@H](C)C(=O)O)C(C)C)[C@@H](C)O)[C@@H](C)O. The van der Waals surface area contributed by atoms with Crippen molar-refractivity contribution in [2.45, 2.75) is 313 Å². The van der Waals surface area contributed by atoms with E-state index in [-0.39, 0.29) is 63.7 Å². The van der Waals surface area contributed by atoms with Crippen LogP contribution in [0.5, 0.6) is 0 Å². The number of primary amides is 2. The molecule has 0 spiro atoms. The van der Waals surface area contributed by atoms with Gasteiger partial charge in [-0.1, -0.05) is 73.6 Å². The fraction of sp³-hybridized carbons (Fsp3) is 0.652. The number of carbonyl (C=O) groups excluding carboxylic acids is 21. The summed E-state index contributed by atoms with van der Waals surface area (Å²) in [5.74, 6) is -30.6. The number of hydrogen-bond donors (Lipinski definition) is 33. The van der Waals surface area contributed by atoms with E-state index < -0.39 is 364 Å². The molecule has 0 saturated heterocycles. The van der Waals surface area contributed by atoms with Crippen LogP contribution in [-0.2, 0) is 121 Å². The van der Waals surface area contributed by atoms with Gasteiger partial charge in [0.1, 0.15) is 115 Å². The van der Waals surface area contributed by atoms with E-state index in [0.29, 0.717) is 16.5 Å². The van der Waals surface area contributed by atoms with Gasteiger partial charge in [0.15, 0.2) is 0 Å². The number of benzene rings is 1. The molecule has 0 fully saturated rings. The standard InChI is InChI=1S/C92H150N24O33S/c1-40(2)31-57(81(137)106-58(32-41(3)4)83(139)113-69(42(5)6)89(145)103-54(23-25-65(95)123)77(133)107-60(34-66(96)124)80(136)100-46(11)92(148)149)108-91(147)72(48(13)122)115-78(134)55(24-27-68(127)128)104-90(146)71(47(12)121)116-79(135)56(28-30-150-14)101-82(138)59(33-49-35-97-52-20-16-15-19-50(49)52)105-73(129)44(9)98-76(132)53(21-17-18-29-93)102-88(144)70(43(7)8)114-87(143)64(39-120)112-86(142)63(38-119)111-85(141)62(37-118)109-74(130)45(10)99-84(140)61(36-117)110-75(131)51(94)22-26-67(125)126/h15-16,19-20,35,40-48,51,53-64,69-72,97,117-122H,17-18,21-34,36-39,93-94H2,1-14H3,(H2,95,123)(H2,96,124)(H,98,132)(H,99,140)(H,100,136)(H,101,138)(H,102,144)(H,103,145)(H,104,146)(H,105,129)(H,106,137)(H,107,133)(H,108,147)(H,109,130)(H,110,131)(H,111,141)(H,112,142)(H,113,139)(H,114,143)(H,115,134)(H,116,135)(H,125,126)(H,127,128)(H,148,149)/t44-,45-,46-,47+,48+,51-,53-,54-,55-,56-,57-,58-,59-,60-,61-,62-,63-,64-,69-,70-,71-,72-/m0/s1. The Labute approximate surface area is 868 Å². The number of hydrogen-bond acceptors (Lipinski definition) is 33. The number of aliphatic hydroxyl groups is 6. The van der Waals surface area contributed by atoms with Gasteiger partial charge in [-0.15, -0.1) is 0 Å². The zero-order chi connectivity index (χ0) is 114. The first-order valence-electron chi connectivity index (χ1n) is 48.5. The summed E-state index contributed by atoms with van der Waals surface area (Å²) in [5.41, 5.74) is 23.2. The van der Waals surface area contributed by atoms with Crippen molar-refractivity contribution >= 4 is 165 Å². The summed E-state index contributed by atoms with van der Waals surface area (Å²) in [4.78, 5) is 327. The van der Waals surface area contributed by atoms with Gasteiger partial charge in [-0.25, -0.2) is 0 Å². The smallest absolute Gasteiger partial charge is 0.325 e. The molecule has 0 bridgehead atoms. The molecule has 0 unspecified atom stereocenters. The van der Waals surface area contributed by atoms with Gasteiger partial charge in [0, 0.05) is 42.8 Å².